The molecule has 0 amide bonds. The summed E-state index contributed by atoms with van der Waals surface area (Å²) in [6, 6.07) is 0. The largest absolute Gasteiger partial charge is 0.462 e. The van der Waals surface area contributed by atoms with Gasteiger partial charge in [-0.05, 0) is 141 Å². The number of hydrogen-bond acceptors (Lipinski definition) is 6. The fraction of sp³-hybridized carbons (Fsp3) is 0.623. The third-order valence-corrected chi connectivity index (χ3v) is 14.0. The van der Waals surface area contributed by atoms with E-state index in [0.29, 0.717) is 19.3 Å². The van der Waals surface area contributed by atoms with E-state index in [0.717, 1.165) is 167 Å². The van der Waals surface area contributed by atoms with E-state index in [2.05, 4.69) is 179 Å². The average Bonchev–Trinajstić information content (AvgIpc) is 3.50. The predicted octanol–water partition coefficient (Wildman–Crippen LogP) is 23.7. The predicted molar refractivity (Wildman–Crippen MR) is 362 cm³/mol. The monoisotopic (exact) mass is 1140 g/mol. The number of ether oxygens (including phenoxy) is 3. The molecule has 0 saturated heterocycles. The van der Waals surface area contributed by atoms with Gasteiger partial charge in [0.2, 0.25) is 0 Å². The number of unbranched alkanes of at least 4 members (excludes halogenated alkanes) is 23. The highest BCUT2D eigenvalue weighted by molar-refractivity contribution is 5.71. The van der Waals surface area contributed by atoms with E-state index in [4.69, 9.17) is 14.2 Å². The van der Waals surface area contributed by atoms with Crippen molar-refractivity contribution in [3.05, 3.63) is 158 Å². The lowest BCUT2D eigenvalue weighted by Gasteiger charge is -2.18. The van der Waals surface area contributed by atoms with Gasteiger partial charge in [0.05, 0.1) is 0 Å². The van der Waals surface area contributed by atoms with Crippen LogP contribution >= 0.6 is 0 Å². The molecule has 1 atom stereocenters. The lowest BCUT2D eigenvalue weighted by atomic mass is 10.0. The van der Waals surface area contributed by atoms with Gasteiger partial charge in [-0.25, -0.2) is 0 Å². The average molecular weight is 1150 g/mol. The van der Waals surface area contributed by atoms with Crippen molar-refractivity contribution in [1.29, 1.82) is 0 Å². The standard InChI is InChI=1S/C77H124O6/c1-4-7-10-13-16-19-22-25-28-31-34-35-36-37-38-39-40-41-44-46-49-52-55-58-61-64-67-70-76(79)82-73-74(83-77(80)71-68-65-62-59-56-53-50-47-43-33-30-27-24-21-18-15-12-9-6-3)72-81-75(78)69-66-63-60-57-54-51-48-45-42-32-29-26-23-20-17-14-11-8-5-2/h7-12,16-21,25-30,34-35,37-38,42-43,45,47,74H,4-6,13-15,22-24,31-33,36,39-41,44,46,48-73H2,1-3H3/b10-7-,11-8-,12-9-,19-16-,20-17-,21-18-,28-25-,29-26-,30-27-,35-34-,38-37-,45-42-,47-43-. The number of esters is 3. The maximum Gasteiger partial charge on any atom is 0.306 e. The summed E-state index contributed by atoms with van der Waals surface area (Å²) in [5.41, 5.74) is 0. The molecule has 468 valence electrons. The Labute approximate surface area is 511 Å². The Morgan fingerprint density at radius 3 is 0.675 bits per heavy atom. The quantitative estimate of drug-likeness (QED) is 0.0261. The van der Waals surface area contributed by atoms with Crippen molar-refractivity contribution in [2.45, 2.75) is 297 Å². The molecular formula is C77H124O6. The van der Waals surface area contributed by atoms with E-state index < -0.39 is 6.10 Å². The van der Waals surface area contributed by atoms with Crippen LogP contribution in [-0.4, -0.2) is 37.2 Å². The smallest absolute Gasteiger partial charge is 0.306 e. The zero-order valence-corrected chi connectivity index (χ0v) is 53.7. The zero-order chi connectivity index (χ0) is 59.9. The van der Waals surface area contributed by atoms with E-state index in [-0.39, 0.29) is 31.1 Å². The SMILES string of the molecule is CC/C=C\C/C=C\C/C=C\C/C=C\C/C=C\CCCCCCCCCCCCCC(=O)OCC(COC(=O)CCCCCCCC/C=C\C/C=C\C/C=C\C/C=C\CC)OC(=O)CCCCCCCC/C=C\C/C=C\C/C=C\C/C=C\CC. The van der Waals surface area contributed by atoms with Crippen LogP contribution in [0.1, 0.15) is 290 Å². The van der Waals surface area contributed by atoms with Crippen LogP contribution in [0.4, 0.5) is 0 Å². The Balaban J connectivity index is 4.42. The van der Waals surface area contributed by atoms with Crippen LogP contribution in [0.3, 0.4) is 0 Å². The van der Waals surface area contributed by atoms with Gasteiger partial charge in [-0.2, -0.15) is 0 Å². The molecule has 0 spiro atoms. The topological polar surface area (TPSA) is 78.9 Å². The van der Waals surface area contributed by atoms with Gasteiger partial charge in [-0.1, -0.05) is 288 Å². The van der Waals surface area contributed by atoms with Crippen molar-refractivity contribution in [1.82, 2.24) is 0 Å². The summed E-state index contributed by atoms with van der Waals surface area (Å²) in [7, 11) is 0. The number of carbonyl (C=O) groups excluding carboxylic acids is 3. The summed E-state index contributed by atoms with van der Waals surface area (Å²) >= 11 is 0. The molecule has 6 heteroatoms. The lowest BCUT2D eigenvalue weighted by molar-refractivity contribution is -0.167. The number of allylic oxidation sites excluding steroid dienone is 26. The summed E-state index contributed by atoms with van der Waals surface area (Å²) in [4.78, 5) is 38.5. The Kier molecular flexibility index (Phi) is 65.4. The molecule has 1 unspecified atom stereocenters. The normalized spacial score (nSPS) is 13.1. The highest BCUT2D eigenvalue weighted by Gasteiger charge is 2.19. The molecule has 0 heterocycles. The first-order valence-electron chi connectivity index (χ1n) is 34.0. The highest BCUT2D eigenvalue weighted by atomic mass is 16.6. The molecule has 0 aliphatic heterocycles. The number of rotatable bonds is 60. The molecule has 0 N–H and O–H groups in total. The molecular weight excluding hydrogens is 1020 g/mol. The Morgan fingerprint density at radius 2 is 0.434 bits per heavy atom. The summed E-state index contributed by atoms with van der Waals surface area (Å²) in [6.45, 7) is 6.29. The van der Waals surface area contributed by atoms with Crippen LogP contribution in [0.25, 0.3) is 0 Å². The Hall–Kier alpha value is -4.97. The molecule has 0 radical (unpaired) electrons. The van der Waals surface area contributed by atoms with Crippen LogP contribution in [0, 0.1) is 0 Å². The van der Waals surface area contributed by atoms with E-state index >= 15 is 0 Å². The molecule has 0 fully saturated rings. The number of carbonyl (C=O) groups is 3. The third-order valence-electron chi connectivity index (χ3n) is 14.0. The van der Waals surface area contributed by atoms with Gasteiger partial charge in [-0.15, -0.1) is 0 Å². The molecule has 0 aliphatic carbocycles. The van der Waals surface area contributed by atoms with Crippen molar-refractivity contribution >= 4 is 17.9 Å². The van der Waals surface area contributed by atoms with Crippen LogP contribution in [-0.2, 0) is 28.6 Å². The molecule has 0 saturated carbocycles. The number of hydrogen-bond donors (Lipinski definition) is 0. The molecule has 0 aromatic rings. The molecule has 6 nitrogen and oxygen atoms in total. The van der Waals surface area contributed by atoms with Crippen molar-refractivity contribution in [3.63, 3.8) is 0 Å². The van der Waals surface area contributed by atoms with Crippen LogP contribution in [0.15, 0.2) is 158 Å². The van der Waals surface area contributed by atoms with E-state index in [1.54, 1.807) is 0 Å². The third kappa shape index (κ3) is 67.7. The van der Waals surface area contributed by atoms with Gasteiger partial charge < -0.3 is 14.2 Å². The van der Waals surface area contributed by atoms with Gasteiger partial charge in [0.25, 0.3) is 0 Å². The molecule has 0 aromatic heterocycles. The summed E-state index contributed by atoms with van der Waals surface area (Å²) < 4.78 is 17.0. The van der Waals surface area contributed by atoms with E-state index in [1.165, 1.54) is 83.5 Å². The molecule has 0 aromatic carbocycles. The second kappa shape index (κ2) is 69.5. The highest BCUT2D eigenvalue weighted by Crippen LogP contribution is 2.16. The van der Waals surface area contributed by atoms with Crippen LogP contribution in [0.2, 0.25) is 0 Å². The first-order chi connectivity index (χ1) is 41.0. The minimum Gasteiger partial charge on any atom is -0.462 e. The second-order valence-electron chi connectivity index (χ2n) is 21.9. The van der Waals surface area contributed by atoms with Crippen molar-refractivity contribution in [3.8, 4) is 0 Å². The van der Waals surface area contributed by atoms with Gasteiger partial charge in [0.15, 0.2) is 6.10 Å². The maximum atomic E-state index is 13.0. The fourth-order valence-corrected chi connectivity index (χ4v) is 9.04. The summed E-state index contributed by atoms with van der Waals surface area (Å²) in [5.74, 6) is -0.924. The zero-order valence-electron chi connectivity index (χ0n) is 53.7. The van der Waals surface area contributed by atoms with E-state index in [1.807, 2.05) is 0 Å². The molecule has 83 heavy (non-hydrogen) atoms. The lowest BCUT2D eigenvalue weighted by Crippen LogP contribution is -2.30. The second-order valence-corrected chi connectivity index (χ2v) is 21.9. The minimum absolute atomic E-state index is 0.0958. The molecule has 0 rings (SSSR count). The van der Waals surface area contributed by atoms with Crippen LogP contribution < -0.4 is 0 Å². The van der Waals surface area contributed by atoms with Gasteiger partial charge in [-0.3, -0.25) is 14.4 Å². The van der Waals surface area contributed by atoms with Crippen molar-refractivity contribution in [2.24, 2.45) is 0 Å². The molecule has 0 aliphatic rings. The van der Waals surface area contributed by atoms with Crippen molar-refractivity contribution < 1.29 is 28.6 Å². The first-order valence-corrected chi connectivity index (χ1v) is 34.0. The molecule has 0 bridgehead atoms. The first kappa shape index (κ1) is 78.0. The van der Waals surface area contributed by atoms with Crippen molar-refractivity contribution in [2.75, 3.05) is 13.2 Å². The summed E-state index contributed by atoms with van der Waals surface area (Å²) in [5, 5.41) is 0. The van der Waals surface area contributed by atoms with Gasteiger partial charge in [0.1, 0.15) is 13.2 Å². The fourth-order valence-electron chi connectivity index (χ4n) is 9.04. The summed E-state index contributed by atoms with van der Waals surface area (Å²) in [6.07, 6.45) is 101. The maximum absolute atomic E-state index is 13.0. The van der Waals surface area contributed by atoms with Gasteiger partial charge >= 0.3 is 17.9 Å². The van der Waals surface area contributed by atoms with Gasteiger partial charge in [0, 0.05) is 19.3 Å². The Bertz CT molecular complexity index is 1840. The van der Waals surface area contributed by atoms with E-state index in [9.17, 15) is 14.4 Å². The Morgan fingerprint density at radius 1 is 0.241 bits per heavy atom. The van der Waals surface area contributed by atoms with Crippen LogP contribution in [0.5, 0.6) is 0 Å². The minimum atomic E-state index is -0.803.